The fourth-order valence-electron chi connectivity index (χ4n) is 3.59. The van der Waals surface area contributed by atoms with Gasteiger partial charge in [0.05, 0.1) is 25.2 Å². The number of hydrogen-bond donors (Lipinski definition) is 1. The first kappa shape index (κ1) is 23.5. The van der Waals surface area contributed by atoms with E-state index < -0.39 is 16.1 Å². The van der Waals surface area contributed by atoms with Crippen LogP contribution in [0.15, 0.2) is 48.5 Å². The molecule has 1 heterocycles. The van der Waals surface area contributed by atoms with Crippen molar-refractivity contribution >= 4 is 33.2 Å². The SMILES string of the molecule is C[C@H](C(=O)NCc1cccc(CN2CCOCC2)c1)N(c1ccc(Cl)cc1)S(C)(=O)=O. The fraction of sp³-hybridized carbons (Fsp3) is 0.409. The van der Waals surface area contributed by atoms with Crippen LogP contribution in [0, 0.1) is 0 Å². The number of nitrogens with one attached hydrogen (secondary N) is 1. The lowest BCUT2D eigenvalue weighted by Gasteiger charge is -2.28. The van der Waals surface area contributed by atoms with Crippen molar-refractivity contribution in [3.63, 3.8) is 0 Å². The summed E-state index contributed by atoms with van der Waals surface area (Å²) >= 11 is 5.91. The Hall–Kier alpha value is -2.13. The molecule has 1 atom stereocenters. The zero-order valence-electron chi connectivity index (χ0n) is 17.8. The molecule has 1 aliphatic rings. The summed E-state index contributed by atoms with van der Waals surface area (Å²) < 4.78 is 31.2. The summed E-state index contributed by atoms with van der Waals surface area (Å²) in [6.45, 7) is 6.03. The summed E-state index contributed by atoms with van der Waals surface area (Å²) in [5, 5.41) is 3.35. The second-order valence-corrected chi connectivity index (χ2v) is 9.93. The van der Waals surface area contributed by atoms with Gasteiger partial charge in [-0.05, 0) is 42.3 Å². The first-order chi connectivity index (χ1) is 14.7. The Bertz CT molecular complexity index is 992. The molecule has 2 aromatic carbocycles. The predicted octanol–water partition coefficient (Wildman–Crippen LogP) is 2.64. The number of hydrogen-bond acceptors (Lipinski definition) is 5. The minimum absolute atomic E-state index is 0.318. The minimum atomic E-state index is -3.67. The van der Waals surface area contributed by atoms with Crippen molar-refractivity contribution in [1.29, 1.82) is 0 Å². The van der Waals surface area contributed by atoms with Gasteiger partial charge in [0.25, 0.3) is 0 Å². The molecule has 0 unspecified atom stereocenters. The number of nitrogens with zero attached hydrogens (tertiary/aromatic N) is 2. The van der Waals surface area contributed by atoms with Gasteiger partial charge in [-0.15, -0.1) is 0 Å². The molecule has 9 heteroatoms. The van der Waals surface area contributed by atoms with E-state index in [4.69, 9.17) is 16.3 Å². The maximum Gasteiger partial charge on any atom is 0.243 e. The monoisotopic (exact) mass is 465 g/mol. The van der Waals surface area contributed by atoms with Crippen molar-refractivity contribution in [1.82, 2.24) is 10.2 Å². The van der Waals surface area contributed by atoms with Crippen LogP contribution in [-0.4, -0.2) is 57.8 Å². The third-order valence-electron chi connectivity index (χ3n) is 5.14. The summed E-state index contributed by atoms with van der Waals surface area (Å²) in [5.41, 5.74) is 2.52. The average Bonchev–Trinajstić information content (AvgIpc) is 2.73. The molecule has 168 valence electrons. The van der Waals surface area contributed by atoms with Crippen LogP contribution in [-0.2, 0) is 32.6 Å². The zero-order valence-corrected chi connectivity index (χ0v) is 19.3. The Kier molecular flexibility index (Phi) is 7.94. The molecule has 1 aliphatic heterocycles. The number of rotatable bonds is 8. The number of sulfonamides is 1. The Morgan fingerprint density at radius 3 is 2.45 bits per heavy atom. The average molecular weight is 466 g/mol. The molecule has 0 bridgehead atoms. The lowest BCUT2D eigenvalue weighted by molar-refractivity contribution is -0.122. The highest BCUT2D eigenvalue weighted by Crippen LogP contribution is 2.23. The first-order valence-corrected chi connectivity index (χ1v) is 12.4. The van der Waals surface area contributed by atoms with Gasteiger partial charge in [0, 0.05) is 31.2 Å². The van der Waals surface area contributed by atoms with Crippen molar-refractivity contribution in [2.24, 2.45) is 0 Å². The number of halogens is 1. The van der Waals surface area contributed by atoms with Crippen molar-refractivity contribution in [2.75, 3.05) is 36.9 Å². The van der Waals surface area contributed by atoms with Gasteiger partial charge in [-0.3, -0.25) is 14.0 Å². The van der Waals surface area contributed by atoms with E-state index in [1.165, 1.54) is 5.56 Å². The molecule has 1 amide bonds. The van der Waals surface area contributed by atoms with Crippen molar-refractivity contribution in [3.8, 4) is 0 Å². The number of carbonyl (C=O) groups is 1. The highest BCUT2D eigenvalue weighted by atomic mass is 35.5. The Morgan fingerprint density at radius 2 is 1.81 bits per heavy atom. The van der Waals surface area contributed by atoms with Crippen LogP contribution in [0.4, 0.5) is 5.69 Å². The standard InChI is InChI=1S/C22H28ClN3O4S/c1-17(26(31(2,28)29)21-8-6-20(23)7-9-21)22(27)24-15-18-4-3-5-19(14-18)16-25-10-12-30-13-11-25/h3-9,14,17H,10-13,15-16H2,1-2H3,(H,24,27)/t17-/m1/s1. The summed E-state index contributed by atoms with van der Waals surface area (Å²) in [5.74, 6) is -0.376. The molecular weight excluding hydrogens is 438 g/mol. The molecule has 7 nitrogen and oxygen atoms in total. The van der Waals surface area contributed by atoms with E-state index in [0.717, 1.165) is 49.0 Å². The van der Waals surface area contributed by atoms with Gasteiger partial charge in [-0.1, -0.05) is 35.9 Å². The van der Waals surface area contributed by atoms with Gasteiger partial charge >= 0.3 is 0 Å². The topological polar surface area (TPSA) is 79.0 Å². The summed E-state index contributed by atoms with van der Waals surface area (Å²) in [6.07, 6.45) is 1.08. The maximum absolute atomic E-state index is 12.8. The van der Waals surface area contributed by atoms with Crippen LogP contribution in [0.25, 0.3) is 0 Å². The molecule has 0 saturated carbocycles. The number of ether oxygens (including phenoxy) is 1. The van der Waals surface area contributed by atoms with E-state index in [2.05, 4.69) is 22.3 Å². The molecule has 31 heavy (non-hydrogen) atoms. The summed E-state index contributed by atoms with van der Waals surface area (Å²) in [4.78, 5) is 15.1. The van der Waals surface area contributed by atoms with Crippen molar-refractivity contribution in [2.45, 2.75) is 26.1 Å². The molecule has 1 N–H and O–H groups in total. The van der Waals surface area contributed by atoms with E-state index >= 15 is 0 Å². The molecule has 3 rings (SSSR count). The molecule has 1 saturated heterocycles. The molecule has 0 radical (unpaired) electrons. The van der Waals surface area contributed by atoms with Crippen LogP contribution >= 0.6 is 11.6 Å². The number of carbonyl (C=O) groups excluding carboxylic acids is 1. The Morgan fingerprint density at radius 1 is 1.16 bits per heavy atom. The van der Waals surface area contributed by atoms with Gasteiger partial charge in [-0.2, -0.15) is 0 Å². The van der Waals surface area contributed by atoms with Crippen molar-refractivity contribution < 1.29 is 17.9 Å². The van der Waals surface area contributed by atoms with Gasteiger partial charge < -0.3 is 10.1 Å². The van der Waals surface area contributed by atoms with Crippen LogP contribution in [0.2, 0.25) is 5.02 Å². The van der Waals surface area contributed by atoms with Crippen LogP contribution in [0.1, 0.15) is 18.1 Å². The number of morpholine rings is 1. The molecule has 1 fully saturated rings. The second-order valence-electron chi connectivity index (χ2n) is 7.64. The normalized spacial score (nSPS) is 16.0. The molecule has 2 aromatic rings. The zero-order chi connectivity index (χ0) is 22.4. The molecule has 0 spiro atoms. The first-order valence-electron chi connectivity index (χ1n) is 10.1. The van der Waals surface area contributed by atoms with Gasteiger partial charge in [0.15, 0.2) is 0 Å². The highest BCUT2D eigenvalue weighted by molar-refractivity contribution is 7.92. The lowest BCUT2D eigenvalue weighted by Crippen LogP contribution is -2.47. The van der Waals surface area contributed by atoms with Crippen LogP contribution in [0.3, 0.4) is 0 Å². The molecular formula is C22H28ClN3O4S. The second kappa shape index (κ2) is 10.5. The minimum Gasteiger partial charge on any atom is -0.379 e. The van der Waals surface area contributed by atoms with E-state index in [9.17, 15) is 13.2 Å². The maximum atomic E-state index is 12.8. The quantitative estimate of drug-likeness (QED) is 0.648. The van der Waals surface area contributed by atoms with E-state index in [1.54, 1.807) is 31.2 Å². The van der Waals surface area contributed by atoms with Gasteiger partial charge in [0.1, 0.15) is 6.04 Å². The van der Waals surface area contributed by atoms with Crippen LogP contribution < -0.4 is 9.62 Å². The number of benzene rings is 2. The van der Waals surface area contributed by atoms with Gasteiger partial charge in [0.2, 0.25) is 15.9 Å². The molecule has 0 aromatic heterocycles. The van der Waals surface area contributed by atoms with E-state index in [0.29, 0.717) is 17.3 Å². The van der Waals surface area contributed by atoms with E-state index in [1.807, 2.05) is 12.1 Å². The molecule has 0 aliphatic carbocycles. The number of anilines is 1. The van der Waals surface area contributed by atoms with Crippen molar-refractivity contribution in [3.05, 3.63) is 64.7 Å². The smallest absolute Gasteiger partial charge is 0.243 e. The summed E-state index contributed by atoms with van der Waals surface area (Å²) in [7, 11) is -3.67. The third-order valence-corrected chi connectivity index (χ3v) is 6.63. The third kappa shape index (κ3) is 6.67. The highest BCUT2D eigenvalue weighted by Gasteiger charge is 2.29. The number of amides is 1. The largest absolute Gasteiger partial charge is 0.379 e. The van der Waals surface area contributed by atoms with Gasteiger partial charge in [-0.25, -0.2) is 8.42 Å². The van der Waals surface area contributed by atoms with Crippen LogP contribution in [0.5, 0.6) is 0 Å². The fourth-order valence-corrected chi connectivity index (χ4v) is 4.89. The summed E-state index contributed by atoms with van der Waals surface area (Å²) in [6, 6.07) is 13.5. The lowest BCUT2D eigenvalue weighted by atomic mass is 10.1. The Labute approximate surface area is 189 Å². The Balaban J connectivity index is 1.64. The predicted molar refractivity (Wildman–Crippen MR) is 123 cm³/mol. The van der Waals surface area contributed by atoms with E-state index in [-0.39, 0.29) is 5.91 Å².